The predicted octanol–water partition coefficient (Wildman–Crippen LogP) is 2.74. The Morgan fingerprint density at radius 1 is 1.27 bits per heavy atom. The predicted molar refractivity (Wildman–Crippen MR) is 144 cm³/mol. The molecule has 1 aromatic carbocycles. The van der Waals surface area contributed by atoms with Crippen molar-refractivity contribution in [2.45, 2.75) is 76.6 Å². The number of rotatable bonds is 8. The van der Waals surface area contributed by atoms with Crippen LogP contribution in [-0.2, 0) is 7.05 Å². The van der Waals surface area contributed by atoms with Gasteiger partial charge in [0.1, 0.15) is 18.0 Å². The molecule has 2 fully saturated rings. The number of benzene rings is 1. The minimum Gasteiger partial charge on any atom is -0.488 e. The number of ether oxygens (including phenoxy) is 1. The van der Waals surface area contributed by atoms with Gasteiger partial charge in [0, 0.05) is 33.5 Å². The summed E-state index contributed by atoms with van der Waals surface area (Å²) in [7, 11) is 1.40. The Morgan fingerprint density at radius 3 is 2.75 bits per heavy atom. The summed E-state index contributed by atoms with van der Waals surface area (Å²) in [5, 5.41) is 23.5. The van der Waals surface area contributed by atoms with Crippen LogP contribution in [-0.4, -0.2) is 76.1 Å². The lowest BCUT2D eigenvalue weighted by atomic mass is 9.84. The normalized spacial score (nSPS) is 22.8. The van der Waals surface area contributed by atoms with E-state index in [0.717, 1.165) is 21.6 Å². The van der Waals surface area contributed by atoms with Crippen LogP contribution < -0.4 is 21.1 Å². The van der Waals surface area contributed by atoms with E-state index in [1.165, 1.54) is 27.0 Å². The van der Waals surface area contributed by atoms with E-state index in [9.17, 15) is 14.3 Å². The topological polar surface area (TPSA) is 135 Å². The molecule has 0 spiro atoms. The number of aliphatic hydroxyl groups is 1. The number of aromatic nitrogens is 6. The zero-order chi connectivity index (χ0) is 30.6. The van der Waals surface area contributed by atoms with Crippen molar-refractivity contribution in [3.8, 4) is 11.4 Å². The Labute approximate surface area is 233 Å². The largest absolute Gasteiger partial charge is 0.488 e. The molecule has 4 heterocycles. The summed E-state index contributed by atoms with van der Waals surface area (Å²) in [5.41, 5.74) is -2.41. The fourth-order valence-corrected chi connectivity index (χ4v) is 5.25. The zero-order valence-electron chi connectivity index (χ0n) is 25.1. The Bertz CT molecular complexity index is 1540. The van der Waals surface area contributed by atoms with Gasteiger partial charge in [0.15, 0.2) is 17.5 Å². The van der Waals surface area contributed by atoms with Gasteiger partial charge in [0.2, 0.25) is 5.95 Å². The molecule has 0 bridgehead atoms. The molecular formula is C26H35F2N9O3. The van der Waals surface area contributed by atoms with Gasteiger partial charge in [-0.2, -0.15) is 14.3 Å². The zero-order valence-corrected chi connectivity index (χ0v) is 23.1. The average molecular weight is 562 g/mol. The van der Waals surface area contributed by atoms with E-state index in [-0.39, 0.29) is 47.6 Å². The van der Waals surface area contributed by atoms with Gasteiger partial charge in [-0.25, -0.2) is 18.6 Å². The summed E-state index contributed by atoms with van der Waals surface area (Å²) in [5.74, 6) is -1.71. The van der Waals surface area contributed by atoms with Gasteiger partial charge >= 0.3 is 5.69 Å². The van der Waals surface area contributed by atoms with Gasteiger partial charge in [-0.15, -0.1) is 0 Å². The lowest BCUT2D eigenvalue weighted by Crippen LogP contribution is -2.55. The third kappa shape index (κ3) is 5.77. The van der Waals surface area contributed by atoms with Crippen LogP contribution in [0.3, 0.4) is 0 Å². The highest BCUT2D eigenvalue weighted by atomic mass is 19.1. The molecule has 0 amide bonds. The van der Waals surface area contributed by atoms with Gasteiger partial charge < -0.3 is 20.5 Å². The second-order valence-electron chi connectivity index (χ2n) is 11.5. The number of piperidine rings is 1. The number of fused-ring (bicyclic) bond motifs is 1. The van der Waals surface area contributed by atoms with Crippen molar-refractivity contribution in [2.24, 2.45) is 7.05 Å². The van der Waals surface area contributed by atoms with Crippen LogP contribution in [0.15, 0.2) is 23.1 Å². The fourth-order valence-electron chi connectivity index (χ4n) is 5.25. The van der Waals surface area contributed by atoms with Crippen LogP contribution in [0, 0.1) is 11.6 Å². The monoisotopic (exact) mass is 561 g/mol. The second kappa shape index (κ2) is 10.4. The molecule has 0 radical (unpaired) electrons. The molecule has 2 atom stereocenters. The van der Waals surface area contributed by atoms with Crippen LogP contribution in [0.4, 0.5) is 26.2 Å². The van der Waals surface area contributed by atoms with Crippen LogP contribution >= 0.6 is 0 Å². The Balaban J connectivity index is 1.41. The van der Waals surface area contributed by atoms with Crippen molar-refractivity contribution in [1.82, 2.24) is 34.7 Å². The minimum absolute atomic E-state index is 0.0119. The number of anilines is 3. The van der Waals surface area contributed by atoms with Gasteiger partial charge in [-0.1, -0.05) is 0 Å². The molecule has 2 aliphatic heterocycles. The summed E-state index contributed by atoms with van der Waals surface area (Å²) in [6.07, 6.45) is 3.30. The molecular weight excluding hydrogens is 524 g/mol. The van der Waals surface area contributed by atoms with Crippen molar-refractivity contribution in [1.29, 1.82) is 0 Å². The van der Waals surface area contributed by atoms with Crippen molar-refractivity contribution in [2.75, 3.05) is 23.7 Å². The maximum atomic E-state index is 15.3. The minimum atomic E-state index is -1.38. The van der Waals surface area contributed by atoms with Gasteiger partial charge in [-0.3, -0.25) is 4.90 Å². The number of hydrogen-bond acceptors (Lipinski definition) is 10. The lowest BCUT2D eigenvalue weighted by Gasteiger charge is -2.47. The molecule has 0 unspecified atom stereocenters. The lowest BCUT2D eigenvalue weighted by molar-refractivity contribution is 0.0283. The van der Waals surface area contributed by atoms with E-state index in [0.29, 0.717) is 25.7 Å². The Kier molecular flexibility index (Phi) is 6.58. The van der Waals surface area contributed by atoms with E-state index in [4.69, 9.17) is 7.48 Å². The number of aryl methyl sites for hydroxylation is 1. The average Bonchev–Trinajstić information content (AvgIpc) is 3.38. The first-order valence-electron chi connectivity index (χ1n) is 14.1. The van der Waals surface area contributed by atoms with Crippen LogP contribution in [0.25, 0.3) is 5.69 Å². The third-order valence-electron chi connectivity index (χ3n) is 6.99. The van der Waals surface area contributed by atoms with E-state index in [1.54, 1.807) is 0 Å². The SMILES string of the molecule is [2H]C1([2H])CC[C@H]2C[C@@H](Nc3nc(Nc4cc(-n5nnn(C)c5=O)c(OCC(C)(C)O)cc4F)ncc3F)CC(C)(C)N21. The number of nitrogens with zero attached hydrogens (tertiary/aromatic N) is 7. The molecule has 5 rings (SSSR count). The molecule has 2 aromatic heterocycles. The summed E-state index contributed by atoms with van der Waals surface area (Å²) < 4.78 is 54.4. The van der Waals surface area contributed by atoms with Gasteiger partial charge in [0.05, 0.1) is 17.5 Å². The van der Waals surface area contributed by atoms with Gasteiger partial charge in [-0.05, 0) is 76.4 Å². The Morgan fingerprint density at radius 2 is 2.05 bits per heavy atom. The summed E-state index contributed by atoms with van der Waals surface area (Å²) in [6, 6.07) is 2.13. The quantitative estimate of drug-likeness (QED) is 0.377. The first-order valence-corrected chi connectivity index (χ1v) is 13.1. The van der Waals surface area contributed by atoms with Crippen LogP contribution in [0.1, 0.15) is 56.1 Å². The first kappa shape index (κ1) is 25.3. The molecule has 12 nitrogen and oxygen atoms in total. The highest BCUT2D eigenvalue weighted by molar-refractivity contribution is 5.63. The highest BCUT2D eigenvalue weighted by Gasteiger charge is 2.43. The number of nitrogens with one attached hydrogen (secondary N) is 2. The highest BCUT2D eigenvalue weighted by Crippen LogP contribution is 2.38. The molecule has 2 saturated heterocycles. The maximum Gasteiger partial charge on any atom is 0.368 e. The molecule has 14 heteroatoms. The van der Waals surface area contributed by atoms with E-state index in [1.807, 2.05) is 18.7 Å². The Hall–Kier alpha value is -3.65. The first-order chi connectivity index (χ1) is 19.5. The maximum absolute atomic E-state index is 15.3. The van der Waals surface area contributed by atoms with Gasteiger partial charge in [0.25, 0.3) is 0 Å². The van der Waals surface area contributed by atoms with Crippen molar-refractivity contribution in [3.05, 3.63) is 40.4 Å². The van der Waals surface area contributed by atoms with E-state index in [2.05, 4.69) is 31.0 Å². The number of halogens is 2. The molecule has 0 saturated carbocycles. The standard InChI is InChI=1S/C26H35F2N9O3/c1-25(2)12-15(9-16-7-6-8-36(16)25)30-22-18(28)13-29-23(32-22)31-19-11-20(37-24(38)35(5)33-34-37)21(10-17(19)27)40-14-26(3,4)39/h10-11,13,15-16,39H,6-9,12,14H2,1-5H3,(H2,29,30,31,32)/t15-,16+/m1/s1/i8D2. The van der Waals surface area contributed by atoms with Crippen molar-refractivity contribution < 1.29 is 21.4 Å². The van der Waals surface area contributed by atoms with Crippen molar-refractivity contribution >= 4 is 17.5 Å². The molecule has 0 aliphatic carbocycles. The van der Waals surface area contributed by atoms with E-state index < -0.39 is 35.0 Å². The molecule has 3 N–H and O–H groups in total. The van der Waals surface area contributed by atoms with Crippen LogP contribution in [0.5, 0.6) is 5.75 Å². The summed E-state index contributed by atoms with van der Waals surface area (Å²) in [4.78, 5) is 22.7. The smallest absolute Gasteiger partial charge is 0.368 e. The third-order valence-corrected chi connectivity index (χ3v) is 6.99. The summed E-state index contributed by atoms with van der Waals surface area (Å²) >= 11 is 0. The van der Waals surface area contributed by atoms with Crippen LogP contribution in [0.2, 0.25) is 0 Å². The second-order valence-corrected chi connectivity index (χ2v) is 11.5. The van der Waals surface area contributed by atoms with Crippen molar-refractivity contribution in [3.63, 3.8) is 0 Å². The molecule has 3 aromatic rings. The number of tetrazole rings is 1. The molecule has 216 valence electrons. The molecule has 2 aliphatic rings. The van der Waals surface area contributed by atoms with E-state index >= 15 is 4.39 Å². The summed E-state index contributed by atoms with van der Waals surface area (Å²) in [6.45, 7) is 5.42. The fraction of sp³-hybridized carbons (Fsp3) is 0.577. The number of hydrogen-bond donors (Lipinski definition) is 3. The molecule has 40 heavy (non-hydrogen) atoms.